The number of imidazole rings is 1. The molecular formula is C23H25N3O3S. The van der Waals surface area contributed by atoms with Crippen LogP contribution in [0.1, 0.15) is 59.0 Å². The van der Waals surface area contributed by atoms with Gasteiger partial charge < -0.3 is 10.3 Å². The first-order valence-corrected chi connectivity index (χ1v) is 10.7. The summed E-state index contributed by atoms with van der Waals surface area (Å²) >= 11 is 1.44. The van der Waals surface area contributed by atoms with Gasteiger partial charge in [0.15, 0.2) is 5.78 Å². The Morgan fingerprint density at radius 1 is 1.03 bits per heavy atom. The number of benzene rings is 1. The number of H-pyrrole nitrogens is 1. The van der Waals surface area contributed by atoms with Crippen molar-refractivity contribution in [1.29, 1.82) is 0 Å². The molecule has 0 saturated carbocycles. The standard InChI is InChI=1S/C23H25N3O3S/c1-15-8-12-21(30-15)20(28)11-9-18(27)10-13-22(29)25-16(2)23-24-14-19(26-23)17-6-4-3-5-7-17/h3-8,12,14,16H,9-11,13H2,1-2H3,(H,24,26)(H,25,29). The van der Waals surface area contributed by atoms with Gasteiger partial charge in [0.25, 0.3) is 0 Å². The van der Waals surface area contributed by atoms with E-state index in [1.165, 1.54) is 11.3 Å². The number of hydrogen-bond donors (Lipinski definition) is 2. The molecule has 3 aromatic rings. The number of aromatic amines is 1. The minimum absolute atomic E-state index is 0.0217. The number of nitrogens with one attached hydrogen (secondary N) is 2. The second-order valence-electron chi connectivity index (χ2n) is 7.21. The maximum absolute atomic E-state index is 12.2. The topological polar surface area (TPSA) is 91.9 Å². The number of carbonyl (C=O) groups excluding carboxylic acids is 3. The predicted octanol–water partition coefficient (Wildman–Crippen LogP) is 4.64. The van der Waals surface area contributed by atoms with Gasteiger partial charge in [-0.15, -0.1) is 11.3 Å². The van der Waals surface area contributed by atoms with E-state index in [9.17, 15) is 14.4 Å². The molecule has 0 bridgehead atoms. The Morgan fingerprint density at radius 2 is 1.77 bits per heavy atom. The SMILES string of the molecule is Cc1ccc(C(=O)CCC(=O)CCC(=O)NC(C)c2ncc(-c3ccccc3)[nH]2)s1. The minimum atomic E-state index is -0.297. The molecule has 1 unspecified atom stereocenters. The smallest absolute Gasteiger partial charge is 0.221 e. The normalized spacial score (nSPS) is 11.8. The number of carbonyl (C=O) groups is 3. The second-order valence-corrected chi connectivity index (χ2v) is 8.50. The quantitative estimate of drug-likeness (QED) is 0.465. The minimum Gasteiger partial charge on any atom is -0.346 e. The highest BCUT2D eigenvalue weighted by atomic mass is 32.1. The average Bonchev–Trinajstić information content (AvgIpc) is 3.40. The number of aromatic nitrogens is 2. The third-order valence-electron chi connectivity index (χ3n) is 4.74. The summed E-state index contributed by atoms with van der Waals surface area (Å²) in [6, 6.07) is 13.2. The Bertz CT molecular complexity index is 1020. The van der Waals surface area contributed by atoms with Crippen LogP contribution in [0.3, 0.4) is 0 Å². The first kappa shape index (κ1) is 21.6. The van der Waals surface area contributed by atoms with Crippen LogP contribution in [0.15, 0.2) is 48.7 Å². The fourth-order valence-corrected chi connectivity index (χ4v) is 3.88. The van der Waals surface area contributed by atoms with Crippen LogP contribution in [0.25, 0.3) is 11.3 Å². The number of nitrogens with zero attached hydrogens (tertiary/aromatic N) is 1. The summed E-state index contributed by atoms with van der Waals surface area (Å²) in [5.74, 6) is 0.342. The van der Waals surface area contributed by atoms with Crippen molar-refractivity contribution in [3.8, 4) is 11.3 Å². The molecule has 1 atom stereocenters. The number of rotatable bonds is 10. The number of hydrogen-bond acceptors (Lipinski definition) is 5. The molecule has 2 N–H and O–H groups in total. The fraction of sp³-hybridized carbons (Fsp3) is 0.304. The lowest BCUT2D eigenvalue weighted by Gasteiger charge is -2.11. The van der Waals surface area contributed by atoms with E-state index in [0.29, 0.717) is 10.7 Å². The van der Waals surface area contributed by atoms with Crippen molar-refractivity contribution in [1.82, 2.24) is 15.3 Å². The summed E-state index contributed by atoms with van der Waals surface area (Å²) in [6.07, 6.45) is 2.32. The van der Waals surface area contributed by atoms with Crippen molar-refractivity contribution in [2.75, 3.05) is 0 Å². The van der Waals surface area contributed by atoms with Crippen LogP contribution in [-0.4, -0.2) is 27.4 Å². The van der Waals surface area contributed by atoms with Gasteiger partial charge in [-0.2, -0.15) is 0 Å². The zero-order valence-electron chi connectivity index (χ0n) is 17.1. The van der Waals surface area contributed by atoms with Gasteiger partial charge in [-0.05, 0) is 31.5 Å². The molecule has 0 aliphatic carbocycles. The van der Waals surface area contributed by atoms with Crippen LogP contribution < -0.4 is 5.32 Å². The maximum Gasteiger partial charge on any atom is 0.221 e. The Kier molecular flexibility index (Phi) is 7.30. The number of aryl methyl sites for hydroxylation is 1. The molecule has 2 heterocycles. The number of thiophene rings is 1. The van der Waals surface area contributed by atoms with E-state index in [-0.39, 0.29) is 49.2 Å². The first-order chi connectivity index (χ1) is 14.4. The molecule has 0 saturated heterocycles. The summed E-state index contributed by atoms with van der Waals surface area (Å²) in [4.78, 5) is 45.7. The molecule has 0 aliphatic rings. The van der Waals surface area contributed by atoms with Gasteiger partial charge in [-0.1, -0.05) is 30.3 Å². The third-order valence-corrected chi connectivity index (χ3v) is 5.79. The number of ketones is 2. The highest BCUT2D eigenvalue weighted by molar-refractivity contribution is 7.14. The molecule has 3 rings (SSSR count). The predicted molar refractivity (Wildman–Crippen MR) is 117 cm³/mol. The van der Waals surface area contributed by atoms with Crippen molar-refractivity contribution < 1.29 is 14.4 Å². The van der Waals surface area contributed by atoms with E-state index < -0.39 is 0 Å². The number of Topliss-reactive ketones (excluding diaryl/α,β-unsaturated/α-hetero) is 2. The Hall–Kier alpha value is -3.06. The van der Waals surface area contributed by atoms with Crippen molar-refractivity contribution in [2.24, 2.45) is 0 Å². The van der Waals surface area contributed by atoms with Gasteiger partial charge >= 0.3 is 0 Å². The Labute approximate surface area is 179 Å². The van der Waals surface area contributed by atoms with Gasteiger partial charge in [-0.25, -0.2) is 4.98 Å². The van der Waals surface area contributed by atoms with Gasteiger partial charge in [-0.3, -0.25) is 14.4 Å². The zero-order valence-corrected chi connectivity index (χ0v) is 17.9. The molecule has 30 heavy (non-hydrogen) atoms. The van der Waals surface area contributed by atoms with E-state index in [4.69, 9.17) is 0 Å². The summed E-state index contributed by atoms with van der Waals surface area (Å²) in [6.45, 7) is 3.78. The lowest BCUT2D eigenvalue weighted by atomic mass is 10.1. The van der Waals surface area contributed by atoms with Crippen LogP contribution in [0.2, 0.25) is 0 Å². The Morgan fingerprint density at radius 3 is 2.47 bits per heavy atom. The van der Waals surface area contributed by atoms with Crippen LogP contribution in [0.4, 0.5) is 0 Å². The summed E-state index contributed by atoms with van der Waals surface area (Å²) in [5.41, 5.74) is 1.90. The molecule has 7 heteroatoms. The van der Waals surface area contributed by atoms with E-state index >= 15 is 0 Å². The molecule has 156 valence electrons. The van der Waals surface area contributed by atoms with Crippen molar-refractivity contribution in [3.05, 3.63) is 64.2 Å². The van der Waals surface area contributed by atoms with E-state index in [0.717, 1.165) is 16.1 Å². The molecule has 0 fully saturated rings. The first-order valence-electron chi connectivity index (χ1n) is 9.93. The molecule has 1 aromatic carbocycles. The third kappa shape index (κ3) is 5.97. The monoisotopic (exact) mass is 423 g/mol. The average molecular weight is 424 g/mol. The highest BCUT2D eigenvalue weighted by Crippen LogP contribution is 2.19. The van der Waals surface area contributed by atoms with Crippen molar-refractivity contribution in [3.63, 3.8) is 0 Å². The number of amides is 1. The van der Waals surface area contributed by atoms with Gasteiger partial charge in [0.05, 0.1) is 22.8 Å². The van der Waals surface area contributed by atoms with E-state index in [2.05, 4.69) is 15.3 Å². The molecule has 6 nitrogen and oxygen atoms in total. The molecular weight excluding hydrogens is 398 g/mol. The molecule has 0 spiro atoms. The van der Waals surface area contributed by atoms with Gasteiger partial charge in [0, 0.05) is 30.6 Å². The van der Waals surface area contributed by atoms with Crippen molar-refractivity contribution >= 4 is 28.8 Å². The zero-order chi connectivity index (χ0) is 21.5. The van der Waals surface area contributed by atoms with E-state index in [1.807, 2.05) is 50.2 Å². The summed E-state index contributed by atoms with van der Waals surface area (Å²) in [7, 11) is 0. The van der Waals surface area contributed by atoms with Crippen molar-refractivity contribution in [2.45, 2.75) is 45.6 Å². The summed E-state index contributed by atoms with van der Waals surface area (Å²) in [5, 5.41) is 2.86. The van der Waals surface area contributed by atoms with Crippen LogP contribution in [0.5, 0.6) is 0 Å². The van der Waals surface area contributed by atoms with Crippen LogP contribution in [0, 0.1) is 6.92 Å². The molecule has 0 radical (unpaired) electrons. The van der Waals surface area contributed by atoms with Crippen LogP contribution >= 0.6 is 11.3 Å². The largest absolute Gasteiger partial charge is 0.346 e. The maximum atomic E-state index is 12.2. The molecule has 0 aliphatic heterocycles. The second kappa shape index (κ2) is 10.1. The van der Waals surface area contributed by atoms with Crippen LogP contribution in [-0.2, 0) is 9.59 Å². The fourth-order valence-electron chi connectivity index (χ4n) is 3.04. The van der Waals surface area contributed by atoms with Gasteiger partial charge in [0.1, 0.15) is 11.6 Å². The van der Waals surface area contributed by atoms with Gasteiger partial charge in [0.2, 0.25) is 5.91 Å². The molecule has 2 aromatic heterocycles. The van der Waals surface area contributed by atoms with E-state index in [1.54, 1.807) is 12.3 Å². The lowest BCUT2D eigenvalue weighted by molar-refractivity contribution is -0.125. The highest BCUT2D eigenvalue weighted by Gasteiger charge is 2.16. The Balaban J connectivity index is 1.41. The molecule has 1 amide bonds. The summed E-state index contributed by atoms with van der Waals surface area (Å²) < 4.78 is 0. The lowest BCUT2D eigenvalue weighted by Crippen LogP contribution is -2.27.